The SMILES string of the molecule is CCc1ccc(-n2nc3ccc(NC(=O)c4ccc(Cl)c(Cl)c4)cc3n2)cc1. The van der Waals surface area contributed by atoms with E-state index >= 15 is 0 Å². The molecule has 1 heterocycles. The van der Waals surface area contributed by atoms with Gasteiger partial charge in [0.15, 0.2) is 0 Å². The van der Waals surface area contributed by atoms with Gasteiger partial charge >= 0.3 is 0 Å². The van der Waals surface area contributed by atoms with Crippen LogP contribution in [0.15, 0.2) is 60.7 Å². The van der Waals surface area contributed by atoms with Gasteiger partial charge in [0, 0.05) is 11.3 Å². The molecule has 4 aromatic rings. The van der Waals surface area contributed by atoms with E-state index < -0.39 is 0 Å². The van der Waals surface area contributed by atoms with Gasteiger partial charge in [-0.2, -0.15) is 4.80 Å². The van der Waals surface area contributed by atoms with Gasteiger partial charge in [-0.05, 0) is 60.5 Å². The smallest absolute Gasteiger partial charge is 0.255 e. The maximum atomic E-state index is 12.4. The quantitative estimate of drug-likeness (QED) is 0.480. The number of rotatable bonds is 4. The van der Waals surface area contributed by atoms with E-state index in [-0.39, 0.29) is 5.91 Å². The first-order valence-electron chi connectivity index (χ1n) is 8.76. The highest BCUT2D eigenvalue weighted by molar-refractivity contribution is 6.42. The van der Waals surface area contributed by atoms with E-state index in [9.17, 15) is 4.79 Å². The minimum Gasteiger partial charge on any atom is -0.322 e. The van der Waals surface area contributed by atoms with Gasteiger partial charge in [-0.1, -0.05) is 42.3 Å². The topological polar surface area (TPSA) is 59.8 Å². The Kier molecular flexibility index (Phi) is 5.03. The molecule has 0 fully saturated rings. The van der Waals surface area contributed by atoms with E-state index in [0.717, 1.165) is 17.6 Å². The second-order valence-corrected chi connectivity index (χ2v) is 7.11. The molecule has 0 spiro atoms. The van der Waals surface area contributed by atoms with E-state index in [4.69, 9.17) is 23.2 Å². The molecule has 0 aliphatic rings. The first-order valence-corrected chi connectivity index (χ1v) is 9.52. The van der Waals surface area contributed by atoms with Gasteiger partial charge in [0.05, 0.1) is 15.7 Å². The van der Waals surface area contributed by atoms with E-state index in [0.29, 0.717) is 26.8 Å². The number of halogens is 2. The zero-order valence-electron chi connectivity index (χ0n) is 15.0. The molecule has 3 aromatic carbocycles. The highest BCUT2D eigenvalue weighted by Crippen LogP contribution is 2.24. The maximum absolute atomic E-state index is 12.4. The Morgan fingerprint density at radius 3 is 2.39 bits per heavy atom. The van der Waals surface area contributed by atoms with Crippen LogP contribution in [0.25, 0.3) is 16.7 Å². The standard InChI is InChI=1S/C21H16Cl2N4O/c1-2-13-3-7-16(8-4-13)27-25-19-10-6-15(12-20(19)26-27)24-21(28)14-5-9-17(22)18(23)11-14/h3-12H,2H2,1H3,(H,24,28). The second-order valence-electron chi connectivity index (χ2n) is 6.30. The lowest BCUT2D eigenvalue weighted by Crippen LogP contribution is -2.11. The number of hydrogen-bond acceptors (Lipinski definition) is 3. The summed E-state index contributed by atoms with van der Waals surface area (Å²) in [5.41, 5.74) is 4.62. The third kappa shape index (κ3) is 3.72. The Morgan fingerprint density at radius 2 is 1.68 bits per heavy atom. The molecule has 4 rings (SSSR count). The monoisotopic (exact) mass is 410 g/mol. The lowest BCUT2D eigenvalue weighted by atomic mass is 10.2. The summed E-state index contributed by atoms with van der Waals surface area (Å²) in [6.07, 6.45) is 0.983. The van der Waals surface area contributed by atoms with Gasteiger partial charge < -0.3 is 5.32 Å². The van der Waals surface area contributed by atoms with Crippen LogP contribution in [0.2, 0.25) is 10.0 Å². The van der Waals surface area contributed by atoms with Crippen LogP contribution < -0.4 is 5.32 Å². The lowest BCUT2D eigenvalue weighted by Gasteiger charge is -2.06. The van der Waals surface area contributed by atoms with Crippen LogP contribution in [-0.2, 0) is 6.42 Å². The van der Waals surface area contributed by atoms with Crippen LogP contribution >= 0.6 is 23.2 Å². The highest BCUT2D eigenvalue weighted by atomic mass is 35.5. The molecule has 0 atom stereocenters. The molecule has 1 aromatic heterocycles. The average molecular weight is 411 g/mol. The van der Waals surface area contributed by atoms with Crippen molar-refractivity contribution in [1.29, 1.82) is 0 Å². The molecule has 5 nitrogen and oxygen atoms in total. The summed E-state index contributed by atoms with van der Waals surface area (Å²) >= 11 is 11.9. The number of benzene rings is 3. The van der Waals surface area contributed by atoms with Crippen LogP contribution in [0.5, 0.6) is 0 Å². The van der Waals surface area contributed by atoms with Crippen molar-refractivity contribution in [3.8, 4) is 5.69 Å². The van der Waals surface area contributed by atoms with Crippen molar-refractivity contribution in [2.75, 3.05) is 5.32 Å². The van der Waals surface area contributed by atoms with Crippen molar-refractivity contribution in [3.05, 3.63) is 81.8 Å². The van der Waals surface area contributed by atoms with Gasteiger partial charge in [-0.15, -0.1) is 10.2 Å². The number of aromatic nitrogens is 3. The molecule has 1 amide bonds. The molecule has 140 valence electrons. The molecule has 28 heavy (non-hydrogen) atoms. The first-order chi connectivity index (χ1) is 13.5. The Labute approximate surface area is 171 Å². The Bertz CT molecular complexity index is 1170. The number of nitrogens with one attached hydrogen (secondary N) is 1. The molecule has 0 radical (unpaired) electrons. The van der Waals surface area contributed by atoms with Gasteiger partial charge in [-0.25, -0.2) is 0 Å². The van der Waals surface area contributed by atoms with E-state index in [1.807, 2.05) is 18.2 Å². The Morgan fingerprint density at radius 1 is 0.929 bits per heavy atom. The van der Waals surface area contributed by atoms with E-state index in [1.165, 1.54) is 11.6 Å². The summed E-state index contributed by atoms with van der Waals surface area (Å²) in [6, 6.07) is 18.3. The first kappa shape index (κ1) is 18.5. The van der Waals surface area contributed by atoms with Crippen LogP contribution in [0, 0.1) is 0 Å². The summed E-state index contributed by atoms with van der Waals surface area (Å²) < 4.78 is 0. The highest BCUT2D eigenvalue weighted by Gasteiger charge is 2.11. The van der Waals surface area contributed by atoms with Crippen LogP contribution in [0.1, 0.15) is 22.8 Å². The van der Waals surface area contributed by atoms with E-state index in [1.54, 1.807) is 29.1 Å². The van der Waals surface area contributed by atoms with Gasteiger partial charge in [0.1, 0.15) is 11.0 Å². The molecular formula is C21H16Cl2N4O. The summed E-state index contributed by atoms with van der Waals surface area (Å²) in [7, 11) is 0. The van der Waals surface area contributed by atoms with Gasteiger partial charge in [0.2, 0.25) is 0 Å². The van der Waals surface area contributed by atoms with Crippen molar-refractivity contribution in [3.63, 3.8) is 0 Å². The number of carbonyl (C=O) groups is 1. The number of carbonyl (C=O) groups excluding carboxylic acids is 1. The molecule has 7 heteroatoms. The summed E-state index contributed by atoms with van der Waals surface area (Å²) in [4.78, 5) is 14.0. The number of amides is 1. The Hall–Kier alpha value is -2.89. The fourth-order valence-electron chi connectivity index (χ4n) is 2.81. The zero-order valence-corrected chi connectivity index (χ0v) is 16.5. The molecule has 0 aliphatic carbocycles. The molecular weight excluding hydrogens is 395 g/mol. The second kappa shape index (κ2) is 7.62. The number of aryl methyl sites for hydroxylation is 1. The average Bonchev–Trinajstić information content (AvgIpc) is 3.13. The molecule has 1 N–H and O–H groups in total. The maximum Gasteiger partial charge on any atom is 0.255 e. The molecule has 0 aliphatic heterocycles. The normalized spacial score (nSPS) is 11.0. The van der Waals surface area contributed by atoms with Gasteiger partial charge in [-0.3, -0.25) is 4.79 Å². The van der Waals surface area contributed by atoms with Crippen molar-refractivity contribution in [2.45, 2.75) is 13.3 Å². The Balaban J connectivity index is 1.58. The zero-order chi connectivity index (χ0) is 19.7. The number of anilines is 1. The van der Waals surface area contributed by atoms with Crippen LogP contribution in [0.4, 0.5) is 5.69 Å². The fraction of sp³-hybridized carbons (Fsp3) is 0.0952. The molecule has 0 saturated heterocycles. The summed E-state index contributed by atoms with van der Waals surface area (Å²) in [5, 5.41) is 12.6. The van der Waals surface area contributed by atoms with E-state index in [2.05, 4.69) is 34.6 Å². The molecule has 0 saturated carbocycles. The number of fused-ring (bicyclic) bond motifs is 1. The van der Waals surface area contributed by atoms with Crippen LogP contribution in [-0.4, -0.2) is 20.9 Å². The minimum atomic E-state index is -0.277. The summed E-state index contributed by atoms with van der Waals surface area (Å²) in [5.74, 6) is -0.277. The number of hydrogen-bond donors (Lipinski definition) is 1. The predicted molar refractivity (Wildman–Crippen MR) is 113 cm³/mol. The third-order valence-corrected chi connectivity index (χ3v) is 5.13. The lowest BCUT2D eigenvalue weighted by molar-refractivity contribution is 0.102. The minimum absolute atomic E-state index is 0.277. The fourth-order valence-corrected chi connectivity index (χ4v) is 3.11. The van der Waals surface area contributed by atoms with Crippen molar-refractivity contribution < 1.29 is 4.79 Å². The molecule has 0 bridgehead atoms. The third-order valence-electron chi connectivity index (χ3n) is 4.40. The molecule has 0 unspecified atom stereocenters. The van der Waals surface area contributed by atoms with Crippen LogP contribution in [0.3, 0.4) is 0 Å². The van der Waals surface area contributed by atoms with Crippen molar-refractivity contribution in [2.24, 2.45) is 0 Å². The summed E-state index contributed by atoms with van der Waals surface area (Å²) in [6.45, 7) is 2.11. The van der Waals surface area contributed by atoms with Gasteiger partial charge in [0.25, 0.3) is 5.91 Å². The number of nitrogens with zero attached hydrogens (tertiary/aromatic N) is 3. The van der Waals surface area contributed by atoms with Crippen molar-refractivity contribution >= 4 is 45.8 Å². The predicted octanol–water partition coefficient (Wildman–Crippen LogP) is 5.54. The largest absolute Gasteiger partial charge is 0.322 e. The van der Waals surface area contributed by atoms with Crippen molar-refractivity contribution in [1.82, 2.24) is 15.0 Å².